The number of nitrogens with one attached hydrogen (secondary N) is 1. The molecule has 0 aliphatic heterocycles. The minimum absolute atomic E-state index is 0.344. The summed E-state index contributed by atoms with van der Waals surface area (Å²) in [7, 11) is 1.51. The van der Waals surface area contributed by atoms with Gasteiger partial charge in [0.25, 0.3) is 5.91 Å². The largest absolute Gasteiger partial charge is 0.496 e. The van der Waals surface area contributed by atoms with Crippen LogP contribution in [0.4, 0.5) is 0 Å². The standard InChI is InChI=1S/C23H21IN2O6/c1-3-31-20-9-14(8-18(24)22(20)32-13-21(27)28)12-25-26-23(29)17-10-15-6-4-5-7-16(15)11-19(17)30-2/h4-12H,3,13H2,1-2H3,(H,26,29)(H,27,28)/b25-12-. The lowest BCUT2D eigenvalue weighted by atomic mass is 10.1. The number of carboxylic acid groups (broad SMARTS) is 1. The van der Waals surface area contributed by atoms with Gasteiger partial charge in [-0.05, 0) is 70.1 Å². The van der Waals surface area contributed by atoms with E-state index in [-0.39, 0.29) is 0 Å². The molecule has 0 radical (unpaired) electrons. The first-order valence-corrected chi connectivity index (χ1v) is 10.7. The van der Waals surface area contributed by atoms with Crippen LogP contribution in [0, 0.1) is 3.57 Å². The molecule has 3 rings (SSSR count). The lowest BCUT2D eigenvalue weighted by Gasteiger charge is -2.13. The van der Waals surface area contributed by atoms with E-state index in [9.17, 15) is 9.59 Å². The normalized spacial score (nSPS) is 10.8. The van der Waals surface area contributed by atoms with Crippen molar-refractivity contribution in [2.45, 2.75) is 6.92 Å². The van der Waals surface area contributed by atoms with Gasteiger partial charge in [-0.3, -0.25) is 4.79 Å². The Labute approximate surface area is 198 Å². The summed E-state index contributed by atoms with van der Waals surface area (Å²) in [6, 6.07) is 14.6. The van der Waals surface area contributed by atoms with Crippen molar-refractivity contribution in [3.05, 3.63) is 63.2 Å². The molecule has 3 aromatic rings. The highest BCUT2D eigenvalue weighted by Gasteiger charge is 2.15. The Balaban J connectivity index is 1.80. The summed E-state index contributed by atoms with van der Waals surface area (Å²) in [6.07, 6.45) is 1.47. The lowest BCUT2D eigenvalue weighted by Crippen LogP contribution is -2.18. The monoisotopic (exact) mass is 548 g/mol. The van der Waals surface area contributed by atoms with Crippen LogP contribution in [0.2, 0.25) is 0 Å². The van der Waals surface area contributed by atoms with E-state index in [0.29, 0.717) is 38.6 Å². The Morgan fingerprint density at radius 3 is 2.47 bits per heavy atom. The van der Waals surface area contributed by atoms with Gasteiger partial charge in [0.2, 0.25) is 0 Å². The average molecular weight is 548 g/mol. The highest BCUT2D eigenvalue weighted by molar-refractivity contribution is 14.1. The molecule has 0 fully saturated rings. The molecule has 0 bridgehead atoms. The molecule has 0 aliphatic carbocycles. The zero-order valence-corrected chi connectivity index (χ0v) is 19.6. The predicted octanol–water partition coefficient (Wildman–Crippen LogP) is 4.08. The third-order valence-corrected chi connectivity index (χ3v) is 5.17. The quantitative estimate of drug-likeness (QED) is 0.237. The molecule has 0 heterocycles. The van der Waals surface area contributed by atoms with Gasteiger partial charge in [0.05, 0.1) is 29.1 Å². The molecule has 9 heteroatoms. The van der Waals surface area contributed by atoms with Crippen LogP contribution in [0.25, 0.3) is 10.8 Å². The number of amides is 1. The van der Waals surface area contributed by atoms with Crippen LogP contribution >= 0.6 is 22.6 Å². The number of benzene rings is 3. The zero-order valence-electron chi connectivity index (χ0n) is 17.4. The number of carboxylic acids is 1. The third kappa shape index (κ3) is 5.67. The Hall–Kier alpha value is -3.34. The highest BCUT2D eigenvalue weighted by Crippen LogP contribution is 2.34. The van der Waals surface area contributed by atoms with Crippen molar-refractivity contribution in [3.63, 3.8) is 0 Å². The molecule has 8 nitrogen and oxygen atoms in total. The van der Waals surface area contributed by atoms with Crippen molar-refractivity contribution in [2.75, 3.05) is 20.3 Å². The summed E-state index contributed by atoms with van der Waals surface area (Å²) in [4.78, 5) is 23.5. The van der Waals surface area contributed by atoms with Crippen molar-refractivity contribution in [3.8, 4) is 17.2 Å². The molecule has 3 aromatic carbocycles. The molecule has 32 heavy (non-hydrogen) atoms. The molecule has 166 valence electrons. The molecule has 0 saturated heterocycles. The molecule has 0 aromatic heterocycles. The van der Waals surface area contributed by atoms with Crippen molar-refractivity contribution in [1.82, 2.24) is 5.43 Å². The number of nitrogens with zero attached hydrogens (tertiary/aromatic N) is 1. The van der Waals surface area contributed by atoms with Gasteiger partial charge in [0.1, 0.15) is 5.75 Å². The van der Waals surface area contributed by atoms with Crippen molar-refractivity contribution >= 4 is 51.5 Å². The van der Waals surface area contributed by atoms with Gasteiger partial charge >= 0.3 is 5.97 Å². The number of aliphatic carboxylic acids is 1. The number of hydrogen-bond acceptors (Lipinski definition) is 6. The maximum Gasteiger partial charge on any atom is 0.341 e. The number of carbonyl (C=O) groups excluding carboxylic acids is 1. The van der Waals surface area contributed by atoms with Crippen molar-refractivity contribution in [2.24, 2.45) is 5.10 Å². The van der Waals surface area contributed by atoms with Crippen LogP contribution < -0.4 is 19.6 Å². The first-order chi connectivity index (χ1) is 15.4. The number of ether oxygens (including phenoxy) is 3. The molecular weight excluding hydrogens is 527 g/mol. The second-order valence-electron chi connectivity index (χ2n) is 6.54. The summed E-state index contributed by atoms with van der Waals surface area (Å²) < 4.78 is 16.9. The van der Waals surface area contributed by atoms with Gasteiger partial charge in [-0.2, -0.15) is 5.10 Å². The first-order valence-electron chi connectivity index (χ1n) is 9.64. The number of methoxy groups -OCH3 is 1. The number of carbonyl (C=O) groups is 2. The van der Waals surface area contributed by atoms with Crippen LogP contribution in [0.1, 0.15) is 22.8 Å². The second-order valence-corrected chi connectivity index (χ2v) is 7.71. The van der Waals surface area contributed by atoms with Gasteiger partial charge in [0, 0.05) is 0 Å². The SMILES string of the molecule is CCOc1cc(/C=N\NC(=O)c2cc3ccccc3cc2OC)cc(I)c1OCC(=O)O. The van der Waals surface area contributed by atoms with E-state index in [2.05, 4.69) is 10.5 Å². The zero-order chi connectivity index (χ0) is 23.1. The molecular formula is C23H21IN2O6. The van der Waals surface area contributed by atoms with Crippen molar-refractivity contribution in [1.29, 1.82) is 0 Å². The van der Waals surface area contributed by atoms with Gasteiger partial charge in [-0.15, -0.1) is 0 Å². The van der Waals surface area contributed by atoms with E-state index in [0.717, 1.165) is 10.8 Å². The number of halogens is 1. The third-order valence-electron chi connectivity index (χ3n) is 4.36. The Morgan fingerprint density at radius 1 is 1.09 bits per heavy atom. The predicted molar refractivity (Wildman–Crippen MR) is 129 cm³/mol. The summed E-state index contributed by atoms with van der Waals surface area (Å²) in [5.74, 6) is -0.309. The van der Waals surface area contributed by atoms with E-state index in [1.807, 2.05) is 53.8 Å². The first kappa shape index (κ1) is 23.3. The second kappa shape index (κ2) is 10.8. The fraction of sp³-hybridized carbons (Fsp3) is 0.174. The number of hydrazone groups is 1. The van der Waals surface area contributed by atoms with Crippen LogP contribution in [0.5, 0.6) is 17.2 Å². The summed E-state index contributed by atoms with van der Waals surface area (Å²) in [6.45, 7) is 1.71. The number of rotatable bonds is 9. The van der Waals surface area contributed by atoms with Gasteiger partial charge in [0.15, 0.2) is 18.1 Å². The number of fused-ring (bicyclic) bond motifs is 1. The summed E-state index contributed by atoms with van der Waals surface area (Å²) in [5, 5.41) is 14.8. The van der Waals surface area contributed by atoms with Crippen LogP contribution in [-0.4, -0.2) is 43.5 Å². The van der Waals surface area contributed by atoms with E-state index >= 15 is 0 Å². The minimum Gasteiger partial charge on any atom is -0.496 e. The molecule has 0 atom stereocenters. The van der Waals surface area contributed by atoms with Gasteiger partial charge in [-0.25, -0.2) is 10.2 Å². The van der Waals surface area contributed by atoms with E-state index in [1.165, 1.54) is 13.3 Å². The van der Waals surface area contributed by atoms with Gasteiger partial charge < -0.3 is 19.3 Å². The number of hydrogen-bond donors (Lipinski definition) is 2. The maximum atomic E-state index is 12.7. The van der Waals surface area contributed by atoms with E-state index < -0.39 is 18.5 Å². The van der Waals surface area contributed by atoms with Gasteiger partial charge in [-0.1, -0.05) is 24.3 Å². The van der Waals surface area contributed by atoms with Crippen LogP contribution in [0.3, 0.4) is 0 Å². The summed E-state index contributed by atoms with van der Waals surface area (Å²) in [5.41, 5.74) is 3.52. The summed E-state index contributed by atoms with van der Waals surface area (Å²) >= 11 is 2.03. The smallest absolute Gasteiger partial charge is 0.341 e. The Morgan fingerprint density at radius 2 is 1.81 bits per heavy atom. The molecule has 2 N–H and O–H groups in total. The lowest BCUT2D eigenvalue weighted by molar-refractivity contribution is -0.139. The van der Waals surface area contributed by atoms with Crippen LogP contribution in [-0.2, 0) is 4.79 Å². The molecule has 0 saturated carbocycles. The Bertz CT molecular complexity index is 1180. The molecule has 0 aliphatic rings. The van der Waals surface area contributed by atoms with E-state index in [1.54, 1.807) is 24.3 Å². The fourth-order valence-electron chi connectivity index (χ4n) is 2.99. The minimum atomic E-state index is -1.08. The van der Waals surface area contributed by atoms with E-state index in [4.69, 9.17) is 19.3 Å². The maximum absolute atomic E-state index is 12.7. The fourth-order valence-corrected chi connectivity index (χ4v) is 3.77. The topological polar surface area (TPSA) is 106 Å². The molecule has 1 amide bonds. The molecule has 0 spiro atoms. The Kier molecular flexibility index (Phi) is 7.87. The van der Waals surface area contributed by atoms with Crippen LogP contribution in [0.15, 0.2) is 53.6 Å². The highest BCUT2D eigenvalue weighted by atomic mass is 127. The molecule has 0 unspecified atom stereocenters. The van der Waals surface area contributed by atoms with Crippen molar-refractivity contribution < 1.29 is 28.9 Å². The average Bonchev–Trinajstić information content (AvgIpc) is 2.77.